The lowest BCUT2D eigenvalue weighted by atomic mass is 10.1. The van der Waals surface area contributed by atoms with E-state index in [1.165, 1.54) is 34.8 Å². The number of hydrogen-bond donors (Lipinski definition) is 0. The van der Waals surface area contributed by atoms with Gasteiger partial charge in [0, 0.05) is 0 Å². The smallest absolute Gasteiger partial charge is 0.266 e. The Morgan fingerprint density at radius 3 is 1.19 bits per heavy atom. The van der Waals surface area contributed by atoms with Crippen molar-refractivity contribution in [3.8, 4) is 10.0 Å². The summed E-state index contributed by atoms with van der Waals surface area (Å²) in [5.41, 5.74) is -1.93. The van der Waals surface area contributed by atoms with Crippen LogP contribution in [0.5, 0.6) is 0 Å². The highest BCUT2D eigenvalue weighted by Gasteiger charge is 2.21. The van der Waals surface area contributed by atoms with E-state index in [0.29, 0.717) is 10.0 Å². The van der Waals surface area contributed by atoms with Gasteiger partial charge in [0.05, 0.1) is 21.5 Å². The molecule has 0 aliphatic rings. The van der Waals surface area contributed by atoms with E-state index in [2.05, 4.69) is 0 Å². The highest BCUT2D eigenvalue weighted by molar-refractivity contribution is 7.12. The van der Waals surface area contributed by atoms with Crippen molar-refractivity contribution in [2.75, 3.05) is 0 Å². The Labute approximate surface area is 152 Å². The van der Waals surface area contributed by atoms with Crippen LogP contribution in [-0.2, 0) is 0 Å². The summed E-state index contributed by atoms with van der Waals surface area (Å²) in [6.45, 7) is 0. The van der Waals surface area contributed by atoms with E-state index in [1.54, 1.807) is 35.0 Å². The van der Waals surface area contributed by atoms with Crippen molar-refractivity contribution in [1.82, 2.24) is 9.13 Å². The van der Waals surface area contributed by atoms with E-state index >= 15 is 0 Å². The van der Waals surface area contributed by atoms with Crippen molar-refractivity contribution in [3.05, 3.63) is 88.6 Å². The summed E-state index contributed by atoms with van der Waals surface area (Å²) in [6, 6.07) is 9.58. The molecule has 5 rings (SSSR count). The lowest BCUT2D eigenvalue weighted by Crippen LogP contribution is -2.23. The van der Waals surface area contributed by atoms with Crippen LogP contribution in [0.3, 0.4) is 0 Å². The third-order valence-corrected chi connectivity index (χ3v) is 6.05. The molecule has 26 heavy (non-hydrogen) atoms. The number of aromatic nitrogens is 2. The number of rotatable bonds is 2. The Hall–Kier alpha value is -3.10. The second-order valence-corrected chi connectivity index (χ2v) is 7.59. The van der Waals surface area contributed by atoms with Gasteiger partial charge in [0.15, 0.2) is 0 Å². The summed E-state index contributed by atoms with van der Waals surface area (Å²) in [5.74, 6) is 0. The first-order chi connectivity index (χ1) is 12.6. The molecule has 0 N–H and O–H groups in total. The predicted molar refractivity (Wildman–Crippen MR) is 103 cm³/mol. The van der Waals surface area contributed by atoms with Gasteiger partial charge in [-0.2, -0.15) is 0 Å². The van der Waals surface area contributed by atoms with E-state index in [4.69, 9.17) is 0 Å². The minimum Gasteiger partial charge on any atom is -0.268 e. The van der Waals surface area contributed by atoms with Crippen molar-refractivity contribution in [1.29, 1.82) is 0 Å². The molecule has 1 aromatic carbocycles. The van der Waals surface area contributed by atoms with E-state index in [1.807, 2.05) is 0 Å². The largest absolute Gasteiger partial charge is 0.268 e. The van der Waals surface area contributed by atoms with E-state index in [-0.39, 0.29) is 21.5 Å². The van der Waals surface area contributed by atoms with E-state index in [0.717, 1.165) is 9.13 Å². The molecule has 5 aromatic rings. The van der Waals surface area contributed by atoms with Gasteiger partial charge in [0.2, 0.25) is 0 Å². The van der Waals surface area contributed by atoms with Gasteiger partial charge >= 0.3 is 0 Å². The molecule has 8 heteroatoms. The van der Waals surface area contributed by atoms with Crippen molar-refractivity contribution in [2.45, 2.75) is 0 Å². The molecule has 4 heterocycles. The van der Waals surface area contributed by atoms with Crippen molar-refractivity contribution >= 4 is 44.2 Å². The number of benzene rings is 1. The SMILES string of the molecule is O=c1c2cc3c(=O)n(-c4cccs4)c(=O)c3cc2c(=O)n1-c1cccs1. The maximum atomic E-state index is 12.7. The highest BCUT2D eigenvalue weighted by atomic mass is 32.1. The fourth-order valence-corrected chi connectivity index (χ4v) is 4.62. The Bertz CT molecular complexity index is 1310. The van der Waals surface area contributed by atoms with Gasteiger partial charge < -0.3 is 0 Å². The second-order valence-electron chi connectivity index (χ2n) is 5.74. The van der Waals surface area contributed by atoms with Crippen LogP contribution < -0.4 is 22.2 Å². The summed E-state index contributed by atoms with van der Waals surface area (Å²) in [4.78, 5) is 50.8. The Morgan fingerprint density at radius 2 is 0.923 bits per heavy atom. The van der Waals surface area contributed by atoms with Crippen LogP contribution in [0.1, 0.15) is 0 Å². The number of nitrogens with zero attached hydrogens (tertiary/aromatic N) is 2. The van der Waals surface area contributed by atoms with E-state index < -0.39 is 22.2 Å². The molecule has 0 fully saturated rings. The summed E-state index contributed by atoms with van der Waals surface area (Å²) < 4.78 is 2.16. The zero-order chi connectivity index (χ0) is 18.0. The maximum Gasteiger partial charge on any atom is 0.266 e. The van der Waals surface area contributed by atoms with Crippen LogP contribution in [0.15, 0.2) is 66.3 Å². The standard InChI is InChI=1S/C18H8N2O4S2/c21-15-9-7-11-12(18(24)20(17(11)23)14-4-2-6-26-14)8-10(9)16(22)19(15)13-3-1-5-25-13/h1-8H. The van der Waals surface area contributed by atoms with Crippen LogP contribution in [0.2, 0.25) is 0 Å². The lowest BCUT2D eigenvalue weighted by Gasteiger charge is -1.92. The molecule has 126 valence electrons. The first kappa shape index (κ1) is 15.2. The summed E-state index contributed by atoms with van der Waals surface area (Å²) in [7, 11) is 0. The van der Waals surface area contributed by atoms with Crippen LogP contribution in [-0.4, -0.2) is 9.13 Å². The van der Waals surface area contributed by atoms with Crippen LogP contribution >= 0.6 is 22.7 Å². The molecule has 0 atom stereocenters. The Kier molecular flexibility index (Phi) is 3.03. The lowest BCUT2D eigenvalue weighted by molar-refractivity contribution is 1.01. The molecular weight excluding hydrogens is 372 g/mol. The molecular formula is C18H8N2O4S2. The molecule has 0 saturated carbocycles. The third-order valence-electron chi connectivity index (χ3n) is 4.34. The van der Waals surface area contributed by atoms with Crippen LogP contribution in [0.25, 0.3) is 31.5 Å². The van der Waals surface area contributed by atoms with Gasteiger partial charge in [-0.15, -0.1) is 22.7 Å². The van der Waals surface area contributed by atoms with Gasteiger partial charge in [-0.1, -0.05) is 0 Å². The fraction of sp³-hybridized carbons (Fsp3) is 0. The zero-order valence-electron chi connectivity index (χ0n) is 13.0. The van der Waals surface area contributed by atoms with Crippen LogP contribution in [0, 0.1) is 0 Å². The van der Waals surface area contributed by atoms with Gasteiger partial charge in [0.1, 0.15) is 10.0 Å². The summed E-state index contributed by atoms with van der Waals surface area (Å²) >= 11 is 2.54. The molecule has 0 aliphatic heterocycles. The maximum absolute atomic E-state index is 12.7. The number of fused-ring (bicyclic) bond motifs is 2. The quantitative estimate of drug-likeness (QED) is 0.469. The second kappa shape index (κ2) is 5.20. The molecule has 0 amide bonds. The first-order valence-corrected chi connectivity index (χ1v) is 9.36. The molecule has 4 aromatic heterocycles. The Morgan fingerprint density at radius 1 is 0.577 bits per heavy atom. The first-order valence-electron chi connectivity index (χ1n) is 7.60. The predicted octanol–water partition coefficient (Wildman–Crippen LogP) is 2.01. The monoisotopic (exact) mass is 380 g/mol. The average Bonchev–Trinajstić information content (AvgIpc) is 3.39. The van der Waals surface area contributed by atoms with Crippen molar-refractivity contribution in [2.24, 2.45) is 0 Å². The highest BCUT2D eigenvalue weighted by Crippen LogP contribution is 2.19. The molecule has 0 radical (unpaired) electrons. The van der Waals surface area contributed by atoms with Gasteiger partial charge in [0.25, 0.3) is 22.2 Å². The molecule has 0 unspecified atom stereocenters. The summed E-state index contributed by atoms with van der Waals surface area (Å²) in [6.07, 6.45) is 0. The van der Waals surface area contributed by atoms with Crippen LogP contribution in [0.4, 0.5) is 0 Å². The number of hydrogen-bond acceptors (Lipinski definition) is 6. The Balaban J connectivity index is 1.94. The average molecular weight is 380 g/mol. The number of thiophene rings is 2. The van der Waals surface area contributed by atoms with E-state index in [9.17, 15) is 19.2 Å². The topological polar surface area (TPSA) is 78.1 Å². The molecule has 0 aliphatic carbocycles. The van der Waals surface area contributed by atoms with Gasteiger partial charge in [-0.05, 0) is 47.2 Å². The summed E-state index contributed by atoms with van der Waals surface area (Å²) in [5, 5.41) is 5.15. The van der Waals surface area contributed by atoms with Crippen molar-refractivity contribution in [3.63, 3.8) is 0 Å². The molecule has 0 spiro atoms. The molecule has 0 saturated heterocycles. The zero-order valence-corrected chi connectivity index (χ0v) is 14.6. The third kappa shape index (κ3) is 1.85. The minimum atomic E-state index is -0.481. The molecule has 6 nitrogen and oxygen atoms in total. The fourth-order valence-electron chi connectivity index (χ4n) is 3.17. The minimum absolute atomic E-state index is 0.149. The van der Waals surface area contributed by atoms with Crippen molar-refractivity contribution < 1.29 is 0 Å². The normalized spacial score (nSPS) is 11.7. The van der Waals surface area contributed by atoms with Gasteiger partial charge in [-0.3, -0.25) is 19.2 Å². The molecule has 0 bridgehead atoms. The van der Waals surface area contributed by atoms with Gasteiger partial charge in [-0.25, -0.2) is 9.13 Å².